The van der Waals surface area contributed by atoms with E-state index in [-0.39, 0.29) is 29.3 Å². The Labute approximate surface area is 187 Å². The van der Waals surface area contributed by atoms with E-state index in [4.69, 9.17) is 0 Å². The summed E-state index contributed by atoms with van der Waals surface area (Å²) in [5.41, 5.74) is 2.18. The van der Waals surface area contributed by atoms with Crippen LogP contribution in [0.25, 0.3) is 10.9 Å². The van der Waals surface area contributed by atoms with Crippen molar-refractivity contribution in [3.8, 4) is 5.88 Å². The van der Waals surface area contributed by atoms with Crippen molar-refractivity contribution in [2.75, 3.05) is 0 Å². The fourth-order valence-electron chi connectivity index (χ4n) is 4.38. The Balaban J connectivity index is 1.78. The Morgan fingerprint density at radius 1 is 0.938 bits per heavy atom. The molecule has 0 saturated heterocycles. The van der Waals surface area contributed by atoms with Crippen LogP contribution in [0.4, 0.5) is 11.4 Å². The highest BCUT2D eigenvalue weighted by Gasteiger charge is 2.40. The second-order valence-corrected chi connectivity index (χ2v) is 8.54. The summed E-state index contributed by atoms with van der Waals surface area (Å²) >= 11 is 0. The number of amides is 2. The van der Waals surface area contributed by atoms with Crippen LogP contribution in [0.15, 0.2) is 52.7 Å². The maximum atomic E-state index is 13.2. The normalized spacial score (nSPS) is 14.0. The summed E-state index contributed by atoms with van der Waals surface area (Å²) in [7, 11) is 0. The van der Waals surface area contributed by atoms with Gasteiger partial charge in [0.15, 0.2) is 5.69 Å². The van der Waals surface area contributed by atoms with Crippen LogP contribution in [0.1, 0.15) is 61.3 Å². The zero-order chi connectivity index (χ0) is 23.0. The molecule has 1 aliphatic rings. The Morgan fingerprint density at radius 2 is 1.66 bits per heavy atom. The Hall–Kier alpha value is -3.48. The molecule has 0 fully saturated rings. The largest absolute Gasteiger partial charge is 0.493 e. The van der Waals surface area contributed by atoms with Crippen molar-refractivity contribution in [3.05, 3.63) is 53.6 Å². The number of aromatic nitrogens is 1. The molecule has 3 aromatic rings. The number of para-hydroxylation sites is 1. The first-order chi connectivity index (χ1) is 15.4. The summed E-state index contributed by atoms with van der Waals surface area (Å²) in [6.45, 7) is 8.73. The Bertz CT molecular complexity index is 1220. The molecule has 7 nitrogen and oxygen atoms in total. The minimum absolute atomic E-state index is 0.0392. The van der Waals surface area contributed by atoms with Crippen LogP contribution in [0.5, 0.6) is 5.88 Å². The van der Waals surface area contributed by atoms with E-state index < -0.39 is 0 Å². The monoisotopic (exact) mass is 432 g/mol. The third kappa shape index (κ3) is 3.47. The number of azo groups is 1. The van der Waals surface area contributed by atoms with Gasteiger partial charge >= 0.3 is 0 Å². The second-order valence-electron chi connectivity index (χ2n) is 8.54. The minimum Gasteiger partial charge on any atom is -0.493 e. The van der Waals surface area contributed by atoms with E-state index in [1.54, 1.807) is 18.2 Å². The molecule has 2 heterocycles. The number of imide groups is 1. The zero-order valence-electron chi connectivity index (χ0n) is 18.9. The quantitative estimate of drug-likeness (QED) is 0.356. The number of carbonyl (C=O) groups excluding carboxylic acids is 2. The van der Waals surface area contributed by atoms with E-state index in [1.165, 1.54) is 4.90 Å². The molecule has 0 radical (unpaired) electrons. The number of rotatable bonds is 7. The van der Waals surface area contributed by atoms with Crippen LogP contribution in [-0.2, 0) is 6.54 Å². The van der Waals surface area contributed by atoms with Gasteiger partial charge in [-0.15, -0.1) is 10.2 Å². The third-order valence-corrected chi connectivity index (χ3v) is 5.95. The third-order valence-electron chi connectivity index (χ3n) is 5.95. The molecule has 7 heteroatoms. The van der Waals surface area contributed by atoms with E-state index in [0.717, 1.165) is 10.9 Å². The van der Waals surface area contributed by atoms with E-state index in [2.05, 4.69) is 24.1 Å². The van der Waals surface area contributed by atoms with Gasteiger partial charge in [0.05, 0.1) is 22.3 Å². The topological polar surface area (TPSA) is 87.3 Å². The first-order valence-electron chi connectivity index (χ1n) is 11.1. The van der Waals surface area contributed by atoms with Gasteiger partial charge in [-0.3, -0.25) is 14.5 Å². The van der Waals surface area contributed by atoms with Crippen LogP contribution >= 0.6 is 0 Å². The highest BCUT2D eigenvalue weighted by molar-refractivity contribution is 6.23. The summed E-state index contributed by atoms with van der Waals surface area (Å²) in [6.07, 6.45) is 1.39. The van der Waals surface area contributed by atoms with Gasteiger partial charge < -0.3 is 9.67 Å². The average molecular weight is 433 g/mol. The van der Waals surface area contributed by atoms with Gasteiger partial charge in [0.2, 0.25) is 5.88 Å². The molecule has 0 saturated carbocycles. The van der Waals surface area contributed by atoms with Crippen molar-refractivity contribution in [2.45, 2.75) is 53.1 Å². The molecule has 0 spiro atoms. The smallest absolute Gasteiger partial charge is 0.264 e. The molecule has 1 aliphatic heterocycles. The van der Waals surface area contributed by atoms with Crippen LogP contribution in [0.2, 0.25) is 0 Å². The predicted octanol–water partition coefficient (Wildman–Crippen LogP) is 6.20. The number of fused-ring (bicyclic) bond motifs is 2. The SMILES string of the molecule is CCC(CC)N1C(=O)c2cccc(N=Nc3c(O)n(CC(C)C)c4ccccc34)c2C1=O. The first-order valence-corrected chi connectivity index (χ1v) is 11.1. The maximum Gasteiger partial charge on any atom is 0.264 e. The zero-order valence-corrected chi connectivity index (χ0v) is 18.9. The van der Waals surface area contributed by atoms with Crippen molar-refractivity contribution in [1.29, 1.82) is 0 Å². The second kappa shape index (κ2) is 8.57. The van der Waals surface area contributed by atoms with E-state index in [0.29, 0.717) is 42.2 Å². The lowest BCUT2D eigenvalue weighted by atomic mass is 10.1. The summed E-state index contributed by atoms with van der Waals surface area (Å²) in [5, 5.41) is 20.4. The van der Waals surface area contributed by atoms with Crippen molar-refractivity contribution in [2.24, 2.45) is 16.1 Å². The van der Waals surface area contributed by atoms with Crippen molar-refractivity contribution in [1.82, 2.24) is 9.47 Å². The van der Waals surface area contributed by atoms with Crippen molar-refractivity contribution in [3.63, 3.8) is 0 Å². The highest BCUT2D eigenvalue weighted by atomic mass is 16.3. The molecule has 0 aliphatic carbocycles. The van der Waals surface area contributed by atoms with Crippen molar-refractivity contribution >= 4 is 34.1 Å². The van der Waals surface area contributed by atoms with E-state index >= 15 is 0 Å². The van der Waals surface area contributed by atoms with Gasteiger partial charge in [-0.25, -0.2) is 0 Å². The number of nitrogens with zero attached hydrogens (tertiary/aromatic N) is 4. The van der Waals surface area contributed by atoms with Gasteiger partial charge in [-0.1, -0.05) is 52.0 Å². The van der Waals surface area contributed by atoms with E-state index in [9.17, 15) is 14.7 Å². The minimum atomic E-state index is -0.334. The van der Waals surface area contributed by atoms with Crippen LogP contribution < -0.4 is 0 Å². The fourth-order valence-corrected chi connectivity index (χ4v) is 4.38. The summed E-state index contributed by atoms with van der Waals surface area (Å²) < 4.78 is 1.83. The predicted molar refractivity (Wildman–Crippen MR) is 124 cm³/mol. The molecule has 0 atom stereocenters. The van der Waals surface area contributed by atoms with Crippen LogP contribution in [0, 0.1) is 5.92 Å². The first kappa shape index (κ1) is 21.7. The number of hydrogen-bond acceptors (Lipinski definition) is 5. The number of carbonyl (C=O) groups is 2. The molecule has 4 rings (SSSR count). The number of aromatic hydroxyl groups is 1. The molecule has 166 valence electrons. The summed E-state index contributed by atoms with van der Waals surface area (Å²) in [4.78, 5) is 27.4. The van der Waals surface area contributed by atoms with Gasteiger partial charge in [-0.2, -0.15) is 0 Å². The molecular formula is C25H28N4O3. The number of hydrogen-bond donors (Lipinski definition) is 1. The fraction of sp³-hybridized carbons (Fsp3) is 0.360. The maximum absolute atomic E-state index is 13.2. The molecule has 0 unspecified atom stereocenters. The van der Waals surface area contributed by atoms with E-state index in [1.807, 2.05) is 42.7 Å². The number of benzene rings is 2. The summed E-state index contributed by atoms with van der Waals surface area (Å²) in [6, 6.07) is 12.5. The van der Waals surface area contributed by atoms with Crippen LogP contribution in [0.3, 0.4) is 0 Å². The van der Waals surface area contributed by atoms with Crippen LogP contribution in [-0.4, -0.2) is 32.4 Å². The van der Waals surface area contributed by atoms with Gasteiger partial charge in [0.25, 0.3) is 11.8 Å². The highest BCUT2D eigenvalue weighted by Crippen LogP contribution is 2.41. The molecule has 32 heavy (non-hydrogen) atoms. The summed E-state index contributed by atoms with van der Waals surface area (Å²) in [5.74, 6) is -0.247. The molecule has 1 aromatic heterocycles. The van der Waals surface area contributed by atoms with Crippen molar-refractivity contribution < 1.29 is 14.7 Å². The lowest BCUT2D eigenvalue weighted by Crippen LogP contribution is -2.39. The van der Waals surface area contributed by atoms with Gasteiger partial charge in [-0.05, 0) is 37.0 Å². The Kier molecular flexibility index (Phi) is 5.82. The molecule has 0 bridgehead atoms. The van der Waals surface area contributed by atoms with Gasteiger partial charge in [0, 0.05) is 18.0 Å². The molecule has 2 amide bonds. The van der Waals surface area contributed by atoms with Gasteiger partial charge in [0.1, 0.15) is 0 Å². The standard InChI is InChI=1S/C25H28N4O3/c1-5-16(6-2)29-23(30)18-11-9-12-19(21(18)24(29)31)26-27-22-17-10-7-8-13-20(17)28(25(22)32)14-15(3)4/h7-13,15-16,32H,5-6,14H2,1-4H3. The molecule has 1 N–H and O–H groups in total. The Morgan fingerprint density at radius 3 is 2.34 bits per heavy atom. The molecule has 2 aromatic carbocycles. The average Bonchev–Trinajstić information content (AvgIpc) is 3.19. The lowest BCUT2D eigenvalue weighted by molar-refractivity contribution is 0.0576. The molecular weight excluding hydrogens is 404 g/mol. The lowest BCUT2D eigenvalue weighted by Gasteiger charge is -2.23.